The van der Waals surface area contributed by atoms with Gasteiger partial charge in [-0.05, 0) is 62.3 Å². The highest BCUT2D eigenvalue weighted by Gasteiger charge is 2.26. The van der Waals surface area contributed by atoms with Crippen molar-refractivity contribution in [1.82, 2.24) is 15.1 Å². The molecule has 0 radical (unpaired) electrons. The Bertz CT molecular complexity index is 736. The molecule has 0 bridgehead atoms. The van der Waals surface area contributed by atoms with Gasteiger partial charge < -0.3 is 4.90 Å². The monoisotopic (exact) mass is 339 g/mol. The van der Waals surface area contributed by atoms with E-state index in [4.69, 9.17) is 0 Å². The van der Waals surface area contributed by atoms with Crippen LogP contribution in [0.25, 0.3) is 11.1 Å². The fourth-order valence-electron chi connectivity index (χ4n) is 4.34. The lowest BCUT2D eigenvalue weighted by Gasteiger charge is -2.35. The molecule has 3 nitrogen and oxygen atoms in total. The molecule has 0 saturated carbocycles. The van der Waals surface area contributed by atoms with E-state index in [-0.39, 0.29) is 5.82 Å². The van der Waals surface area contributed by atoms with Crippen LogP contribution in [0.5, 0.6) is 0 Å². The van der Waals surface area contributed by atoms with Gasteiger partial charge in [0, 0.05) is 30.3 Å². The molecule has 2 aromatic rings. The van der Waals surface area contributed by atoms with Crippen LogP contribution in [0, 0.1) is 11.7 Å². The number of hydrogen-bond acceptors (Lipinski definition) is 2. The van der Waals surface area contributed by atoms with Crippen LogP contribution in [-0.4, -0.2) is 34.7 Å². The van der Waals surface area contributed by atoms with Crippen molar-refractivity contribution in [3.8, 4) is 11.1 Å². The highest BCUT2D eigenvalue weighted by atomic mass is 19.1. The maximum Gasteiger partial charge on any atom is 0.123 e. The zero-order chi connectivity index (χ0) is 17.1. The molecule has 132 valence electrons. The first kappa shape index (κ1) is 16.5. The van der Waals surface area contributed by atoms with Crippen LogP contribution in [0.2, 0.25) is 0 Å². The molecule has 1 fully saturated rings. The van der Waals surface area contributed by atoms with Gasteiger partial charge in [-0.3, -0.25) is 5.10 Å². The third-order valence-corrected chi connectivity index (χ3v) is 5.61. The summed E-state index contributed by atoms with van der Waals surface area (Å²) < 4.78 is 13.6. The molecule has 0 unspecified atom stereocenters. The number of halogens is 1. The van der Waals surface area contributed by atoms with E-state index >= 15 is 0 Å². The first-order valence-electron chi connectivity index (χ1n) is 9.46. The second kappa shape index (κ2) is 7.52. The number of aromatic nitrogens is 2. The predicted octanol–water partition coefficient (Wildman–Crippen LogP) is 4.75. The molecule has 1 N–H and O–H groups in total. The smallest absolute Gasteiger partial charge is 0.123 e. The number of rotatable bonds is 4. The first-order valence-corrected chi connectivity index (χ1v) is 9.46. The van der Waals surface area contributed by atoms with Gasteiger partial charge in [-0.25, -0.2) is 4.39 Å². The SMILES string of the molecule is Fc1cccc(-c2cn[nH]c2[C@@H]2CCCN(C[C@H]3CC=CCC3)C2)c1. The van der Waals surface area contributed by atoms with E-state index in [1.807, 2.05) is 12.3 Å². The van der Waals surface area contributed by atoms with Crippen molar-refractivity contribution in [2.75, 3.05) is 19.6 Å². The molecule has 1 aliphatic heterocycles. The molecule has 2 atom stereocenters. The van der Waals surface area contributed by atoms with E-state index in [0.717, 1.165) is 23.6 Å². The van der Waals surface area contributed by atoms with E-state index in [0.29, 0.717) is 5.92 Å². The van der Waals surface area contributed by atoms with Crippen LogP contribution >= 0.6 is 0 Å². The molecule has 25 heavy (non-hydrogen) atoms. The van der Waals surface area contributed by atoms with Crippen molar-refractivity contribution in [3.63, 3.8) is 0 Å². The van der Waals surface area contributed by atoms with Crippen molar-refractivity contribution < 1.29 is 4.39 Å². The highest BCUT2D eigenvalue weighted by molar-refractivity contribution is 5.65. The summed E-state index contributed by atoms with van der Waals surface area (Å²) in [5, 5.41) is 7.48. The quantitative estimate of drug-likeness (QED) is 0.815. The zero-order valence-corrected chi connectivity index (χ0v) is 14.6. The summed E-state index contributed by atoms with van der Waals surface area (Å²) in [6, 6.07) is 6.82. The molecule has 0 spiro atoms. The molecule has 0 amide bonds. The van der Waals surface area contributed by atoms with Gasteiger partial charge in [0.25, 0.3) is 0 Å². The van der Waals surface area contributed by atoms with Crippen LogP contribution in [0.4, 0.5) is 4.39 Å². The summed E-state index contributed by atoms with van der Waals surface area (Å²) >= 11 is 0. The summed E-state index contributed by atoms with van der Waals surface area (Å²) in [6.07, 6.45) is 12.6. The van der Waals surface area contributed by atoms with E-state index in [1.165, 1.54) is 57.0 Å². The lowest BCUT2D eigenvalue weighted by Crippen LogP contribution is -2.38. The number of piperidine rings is 1. The van der Waals surface area contributed by atoms with Crippen molar-refractivity contribution in [3.05, 3.63) is 54.1 Å². The maximum absolute atomic E-state index is 13.6. The number of allylic oxidation sites excluding steroid dienone is 2. The van der Waals surface area contributed by atoms with E-state index in [9.17, 15) is 4.39 Å². The van der Waals surface area contributed by atoms with Crippen molar-refractivity contribution in [2.24, 2.45) is 5.92 Å². The van der Waals surface area contributed by atoms with Gasteiger partial charge in [0.1, 0.15) is 5.82 Å². The van der Waals surface area contributed by atoms with Crippen LogP contribution in [0.3, 0.4) is 0 Å². The Labute approximate surface area is 148 Å². The lowest BCUT2D eigenvalue weighted by molar-refractivity contribution is 0.173. The van der Waals surface area contributed by atoms with Gasteiger partial charge in [0.05, 0.1) is 6.20 Å². The molecule has 2 heterocycles. The molecule has 1 aromatic heterocycles. The van der Waals surface area contributed by atoms with E-state index in [2.05, 4.69) is 27.2 Å². The average molecular weight is 339 g/mol. The Morgan fingerprint density at radius 1 is 1.24 bits per heavy atom. The molecule has 1 aromatic carbocycles. The van der Waals surface area contributed by atoms with Gasteiger partial charge in [0.2, 0.25) is 0 Å². The largest absolute Gasteiger partial charge is 0.302 e. The number of aromatic amines is 1. The molecule has 2 aliphatic rings. The third-order valence-electron chi connectivity index (χ3n) is 5.61. The molecule has 4 rings (SSSR count). The van der Waals surface area contributed by atoms with E-state index < -0.39 is 0 Å². The highest BCUT2D eigenvalue weighted by Crippen LogP contribution is 2.34. The number of likely N-dealkylation sites (tertiary alicyclic amines) is 1. The number of H-pyrrole nitrogens is 1. The normalized spacial score (nSPS) is 24.5. The first-order chi connectivity index (χ1) is 12.3. The minimum atomic E-state index is -0.194. The second-order valence-electron chi connectivity index (χ2n) is 7.46. The minimum Gasteiger partial charge on any atom is -0.302 e. The van der Waals surface area contributed by atoms with Gasteiger partial charge in [-0.2, -0.15) is 5.10 Å². The van der Waals surface area contributed by atoms with Crippen molar-refractivity contribution in [1.29, 1.82) is 0 Å². The molecular formula is C21H26FN3. The maximum atomic E-state index is 13.6. The number of benzene rings is 1. The fourth-order valence-corrected chi connectivity index (χ4v) is 4.34. The zero-order valence-electron chi connectivity index (χ0n) is 14.6. The van der Waals surface area contributed by atoms with Crippen LogP contribution in [0.1, 0.15) is 43.7 Å². The Hall–Kier alpha value is -1.94. The number of hydrogen-bond donors (Lipinski definition) is 1. The summed E-state index contributed by atoms with van der Waals surface area (Å²) in [6.45, 7) is 3.47. The minimum absolute atomic E-state index is 0.194. The fraction of sp³-hybridized carbons (Fsp3) is 0.476. The van der Waals surface area contributed by atoms with Gasteiger partial charge in [-0.15, -0.1) is 0 Å². The summed E-state index contributed by atoms with van der Waals surface area (Å²) in [5.41, 5.74) is 3.13. The summed E-state index contributed by atoms with van der Waals surface area (Å²) in [5.74, 6) is 1.06. The second-order valence-corrected chi connectivity index (χ2v) is 7.46. The summed E-state index contributed by atoms with van der Waals surface area (Å²) in [4.78, 5) is 2.62. The molecule has 4 heteroatoms. The average Bonchev–Trinajstić information content (AvgIpc) is 3.13. The Morgan fingerprint density at radius 2 is 2.20 bits per heavy atom. The summed E-state index contributed by atoms with van der Waals surface area (Å²) in [7, 11) is 0. The third kappa shape index (κ3) is 3.84. The predicted molar refractivity (Wildman–Crippen MR) is 98.9 cm³/mol. The van der Waals surface area contributed by atoms with E-state index in [1.54, 1.807) is 12.1 Å². The van der Waals surface area contributed by atoms with Gasteiger partial charge in [0.15, 0.2) is 0 Å². The van der Waals surface area contributed by atoms with Gasteiger partial charge >= 0.3 is 0 Å². The van der Waals surface area contributed by atoms with Crippen molar-refractivity contribution in [2.45, 2.75) is 38.0 Å². The van der Waals surface area contributed by atoms with Crippen LogP contribution in [-0.2, 0) is 0 Å². The Kier molecular flexibility index (Phi) is 4.97. The number of nitrogens with one attached hydrogen (secondary N) is 1. The Morgan fingerprint density at radius 3 is 3.04 bits per heavy atom. The molecule has 1 saturated heterocycles. The van der Waals surface area contributed by atoms with Gasteiger partial charge in [-0.1, -0.05) is 24.3 Å². The molecule has 1 aliphatic carbocycles. The topological polar surface area (TPSA) is 31.9 Å². The lowest BCUT2D eigenvalue weighted by atomic mass is 9.88. The van der Waals surface area contributed by atoms with Crippen LogP contribution in [0.15, 0.2) is 42.6 Å². The Balaban J connectivity index is 1.48. The molecular weight excluding hydrogens is 313 g/mol. The van der Waals surface area contributed by atoms with Crippen LogP contribution < -0.4 is 0 Å². The number of nitrogens with zero attached hydrogens (tertiary/aromatic N) is 2. The van der Waals surface area contributed by atoms with Crippen molar-refractivity contribution >= 4 is 0 Å². The standard InChI is InChI=1S/C21H26FN3/c22-19-10-4-8-17(12-19)20-13-23-24-21(20)18-9-5-11-25(15-18)14-16-6-2-1-3-7-16/h1-2,4,8,10,12-13,16,18H,3,5-7,9,11,14-15H2,(H,23,24)/t16-,18+/m0/s1.